The summed E-state index contributed by atoms with van der Waals surface area (Å²) in [6.07, 6.45) is 0. The fourth-order valence-corrected chi connectivity index (χ4v) is 6.34. The standard InChI is InChI=1S/C24H32N10S2/c1-23(2)31-19(25)29-21(27)33(23)17-9-5-15(6-10-17)13-35-36-14-16-7-11-18(12-8-16)34-22(28)30-20(26)32-24(34,3)4/h5-12H,13-14H2,1-4H3,(H4,25,27,29,31)(H4,26,28,30,32). The molecule has 0 saturated heterocycles. The van der Waals surface area contributed by atoms with Crippen LogP contribution in [0.1, 0.15) is 38.8 Å². The van der Waals surface area contributed by atoms with Crippen molar-refractivity contribution in [3.05, 3.63) is 59.7 Å². The molecular weight excluding hydrogens is 492 g/mol. The first-order valence-electron chi connectivity index (χ1n) is 11.4. The number of hydrogen-bond donors (Lipinski definition) is 4. The van der Waals surface area contributed by atoms with Crippen LogP contribution < -0.4 is 32.7 Å². The molecule has 0 unspecified atom stereocenters. The van der Waals surface area contributed by atoms with Crippen LogP contribution in [0, 0.1) is 0 Å². The van der Waals surface area contributed by atoms with Gasteiger partial charge in [0.15, 0.2) is 0 Å². The van der Waals surface area contributed by atoms with E-state index < -0.39 is 11.3 Å². The maximum Gasteiger partial charge on any atom is 0.220 e. The fourth-order valence-electron chi connectivity index (χ4n) is 4.20. The molecule has 2 aliphatic heterocycles. The summed E-state index contributed by atoms with van der Waals surface area (Å²) in [4.78, 5) is 20.8. The monoisotopic (exact) mass is 524 g/mol. The van der Waals surface area contributed by atoms with Crippen LogP contribution in [0.15, 0.2) is 68.5 Å². The molecule has 0 aromatic heterocycles. The minimum Gasteiger partial charge on any atom is -0.369 e. The van der Waals surface area contributed by atoms with Crippen molar-refractivity contribution in [2.75, 3.05) is 9.80 Å². The summed E-state index contributed by atoms with van der Waals surface area (Å²) < 4.78 is 0. The van der Waals surface area contributed by atoms with Gasteiger partial charge in [-0.05, 0) is 63.1 Å². The highest BCUT2D eigenvalue weighted by atomic mass is 33.1. The van der Waals surface area contributed by atoms with E-state index in [-0.39, 0.29) is 11.9 Å². The largest absolute Gasteiger partial charge is 0.369 e. The first-order valence-corrected chi connectivity index (χ1v) is 13.9. The minimum atomic E-state index is -0.597. The van der Waals surface area contributed by atoms with Crippen molar-refractivity contribution in [3.8, 4) is 0 Å². The third-order valence-electron chi connectivity index (χ3n) is 5.71. The Morgan fingerprint density at radius 3 is 1.25 bits per heavy atom. The van der Waals surface area contributed by atoms with Crippen LogP contribution in [-0.4, -0.2) is 35.2 Å². The Morgan fingerprint density at radius 2 is 0.944 bits per heavy atom. The van der Waals surface area contributed by atoms with Crippen LogP contribution in [0.3, 0.4) is 0 Å². The minimum absolute atomic E-state index is 0.195. The predicted octanol–water partition coefficient (Wildman–Crippen LogP) is 3.14. The molecule has 2 aromatic carbocycles. The van der Waals surface area contributed by atoms with Gasteiger partial charge in [-0.25, -0.2) is 9.98 Å². The van der Waals surface area contributed by atoms with E-state index in [1.165, 1.54) is 11.1 Å². The molecule has 0 saturated carbocycles. The highest BCUT2D eigenvalue weighted by Crippen LogP contribution is 2.33. The van der Waals surface area contributed by atoms with Gasteiger partial charge >= 0.3 is 0 Å². The van der Waals surface area contributed by atoms with Gasteiger partial charge in [0.1, 0.15) is 11.3 Å². The third-order valence-corrected chi connectivity index (χ3v) is 7.99. The average molecular weight is 525 g/mol. The first kappa shape index (κ1) is 25.7. The number of aliphatic imine (C=N–C) groups is 4. The van der Waals surface area contributed by atoms with E-state index >= 15 is 0 Å². The predicted molar refractivity (Wildman–Crippen MR) is 155 cm³/mol. The molecular formula is C24H32N10S2. The Hall–Kier alpha value is -3.38. The number of benzene rings is 2. The quantitative estimate of drug-likeness (QED) is 0.317. The highest BCUT2D eigenvalue weighted by Gasteiger charge is 2.33. The molecule has 10 nitrogen and oxygen atoms in total. The summed E-state index contributed by atoms with van der Waals surface area (Å²) in [5.74, 6) is 2.84. The van der Waals surface area contributed by atoms with E-state index in [2.05, 4.69) is 44.2 Å². The second-order valence-corrected chi connectivity index (χ2v) is 11.9. The lowest BCUT2D eigenvalue weighted by atomic mass is 10.1. The van der Waals surface area contributed by atoms with Crippen LogP contribution in [0.5, 0.6) is 0 Å². The summed E-state index contributed by atoms with van der Waals surface area (Å²) in [6, 6.07) is 16.6. The van der Waals surface area contributed by atoms with Crippen molar-refractivity contribution in [1.82, 2.24) is 0 Å². The average Bonchev–Trinajstić information content (AvgIpc) is 2.76. The molecule has 0 spiro atoms. The molecule has 8 N–H and O–H groups in total. The molecule has 12 heteroatoms. The molecule has 190 valence electrons. The third kappa shape index (κ3) is 5.54. The molecule has 2 aromatic rings. The zero-order chi connectivity index (χ0) is 26.1. The van der Waals surface area contributed by atoms with Gasteiger partial charge in [0.05, 0.1) is 0 Å². The van der Waals surface area contributed by atoms with Crippen molar-refractivity contribution in [3.63, 3.8) is 0 Å². The molecule has 36 heavy (non-hydrogen) atoms. The lowest BCUT2D eigenvalue weighted by Crippen LogP contribution is -2.54. The summed E-state index contributed by atoms with van der Waals surface area (Å²) in [7, 11) is 3.62. The van der Waals surface area contributed by atoms with Gasteiger partial charge in [-0.3, -0.25) is 9.80 Å². The maximum atomic E-state index is 6.13. The second-order valence-electron chi connectivity index (χ2n) is 9.40. The Morgan fingerprint density at radius 1 is 0.611 bits per heavy atom. The van der Waals surface area contributed by atoms with Crippen molar-refractivity contribution in [2.24, 2.45) is 42.9 Å². The van der Waals surface area contributed by atoms with Crippen molar-refractivity contribution in [2.45, 2.75) is 50.5 Å². The van der Waals surface area contributed by atoms with Crippen LogP contribution >= 0.6 is 21.6 Å². The lowest BCUT2D eigenvalue weighted by Gasteiger charge is -2.38. The van der Waals surface area contributed by atoms with E-state index in [9.17, 15) is 0 Å². The molecule has 0 fully saturated rings. The van der Waals surface area contributed by atoms with Crippen LogP contribution in [-0.2, 0) is 11.5 Å². The van der Waals surface area contributed by atoms with Crippen molar-refractivity contribution in [1.29, 1.82) is 0 Å². The second kappa shape index (κ2) is 9.94. The van der Waals surface area contributed by atoms with E-state index in [0.29, 0.717) is 11.9 Å². The van der Waals surface area contributed by atoms with Gasteiger partial charge in [0, 0.05) is 22.9 Å². The zero-order valence-corrected chi connectivity index (χ0v) is 22.5. The van der Waals surface area contributed by atoms with E-state index in [0.717, 1.165) is 22.9 Å². The molecule has 0 radical (unpaired) electrons. The Labute approximate surface area is 219 Å². The summed E-state index contributed by atoms with van der Waals surface area (Å²) in [5.41, 5.74) is 26.9. The normalized spacial score (nSPS) is 18.8. The molecule has 2 heterocycles. The number of hydrogen-bond acceptors (Lipinski definition) is 12. The Bertz CT molecular complexity index is 1130. The van der Waals surface area contributed by atoms with Gasteiger partial charge < -0.3 is 22.9 Å². The first-order chi connectivity index (χ1) is 17.0. The molecule has 4 rings (SSSR count). The number of nitrogens with zero attached hydrogens (tertiary/aromatic N) is 6. The lowest BCUT2D eigenvalue weighted by molar-refractivity contribution is 0.533. The van der Waals surface area contributed by atoms with Gasteiger partial charge in [-0.15, -0.1) is 0 Å². The fraction of sp³-hybridized carbons (Fsp3) is 0.333. The van der Waals surface area contributed by atoms with E-state index in [1.807, 2.05) is 83.3 Å². The smallest absolute Gasteiger partial charge is 0.220 e. The molecule has 2 aliphatic rings. The van der Waals surface area contributed by atoms with E-state index in [4.69, 9.17) is 22.9 Å². The topological polar surface area (TPSA) is 160 Å². The van der Waals surface area contributed by atoms with Crippen LogP contribution in [0.2, 0.25) is 0 Å². The summed E-state index contributed by atoms with van der Waals surface area (Å²) >= 11 is 0. The summed E-state index contributed by atoms with van der Waals surface area (Å²) in [6.45, 7) is 7.81. The van der Waals surface area contributed by atoms with Gasteiger partial charge in [-0.1, -0.05) is 45.9 Å². The van der Waals surface area contributed by atoms with Gasteiger partial charge in [-0.2, -0.15) is 9.98 Å². The zero-order valence-electron chi connectivity index (χ0n) is 20.8. The summed E-state index contributed by atoms with van der Waals surface area (Å²) in [5, 5.41) is 0. The molecule has 0 aliphatic carbocycles. The molecule has 0 bridgehead atoms. The SMILES string of the molecule is CC1(C)N=C(N)N=C(N)N1c1ccc(CSSCc2ccc(N3C(N)=NC(N)=NC3(C)C)cc2)cc1. The number of guanidine groups is 4. The van der Waals surface area contributed by atoms with Gasteiger partial charge in [0.2, 0.25) is 23.8 Å². The number of rotatable bonds is 7. The Kier molecular flexibility index (Phi) is 7.10. The van der Waals surface area contributed by atoms with E-state index in [1.54, 1.807) is 0 Å². The maximum absolute atomic E-state index is 6.13. The Balaban J connectivity index is 1.30. The number of nitrogens with two attached hydrogens (primary N) is 4. The van der Waals surface area contributed by atoms with Crippen LogP contribution in [0.25, 0.3) is 0 Å². The van der Waals surface area contributed by atoms with Crippen molar-refractivity contribution >= 4 is 56.8 Å². The number of anilines is 2. The van der Waals surface area contributed by atoms with Crippen molar-refractivity contribution < 1.29 is 0 Å². The van der Waals surface area contributed by atoms with Gasteiger partial charge in [0.25, 0.3) is 0 Å². The molecule has 0 amide bonds. The molecule has 0 atom stereocenters. The van der Waals surface area contributed by atoms with Crippen LogP contribution in [0.4, 0.5) is 11.4 Å². The highest BCUT2D eigenvalue weighted by molar-refractivity contribution is 8.76.